The molecule has 39 heavy (non-hydrogen) atoms. The molecular formula is C31H39N3O4S. The van der Waals surface area contributed by atoms with Gasteiger partial charge < -0.3 is 10.2 Å². The zero-order chi connectivity index (χ0) is 28.6. The summed E-state index contributed by atoms with van der Waals surface area (Å²) in [6, 6.07) is 22.1. The summed E-state index contributed by atoms with van der Waals surface area (Å²) < 4.78 is 28.8. The molecule has 0 fully saturated rings. The topological polar surface area (TPSA) is 86.8 Å². The number of nitrogens with zero attached hydrogens (tertiary/aromatic N) is 2. The first kappa shape index (κ1) is 29.9. The highest BCUT2D eigenvalue weighted by molar-refractivity contribution is 7.92. The molecule has 0 unspecified atom stereocenters. The molecule has 2 atom stereocenters. The molecule has 8 heteroatoms. The minimum atomic E-state index is -4.07. The van der Waals surface area contributed by atoms with Crippen molar-refractivity contribution < 1.29 is 18.0 Å². The van der Waals surface area contributed by atoms with Crippen LogP contribution in [-0.2, 0) is 32.6 Å². The molecule has 1 N–H and O–H groups in total. The van der Waals surface area contributed by atoms with Crippen LogP contribution in [0.25, 0.3) is 0 Å². The maximum Gasteiger partial charge on any atom is 0.264 e. The van der Waals surface area contributed by atoms with E-state index in [4.69, 9.17) is 0 Å². The largest absolute Gasteiger partial charge is 0.352 e. The van der Waals surface area contributed by atoms with Crippen LogP contribution in [0.1, 0.15) is 50.8 Å². The van der Waals surface area contributed by atoms with Crippen LogP contribution >= 0.6 is 0 Å². The third-order valence-corrected chi connectivity index (χ3v) is 8.63. The Morgan fingerprint density at radius 2 is 1.54 bits per heavy atom. The second-order valence-corrected chi connectivity index (χ2v) is 11.7. The average Bonchev–Trinajstić information content (AvgIpc) is 2.94. The molecule has 3 aromatic rings. The molecule has 2 amide bonds. The summed E-state index contributed by atoms with van der Waals surface area (Å²) in [5.74, 6) is -0.752. The van der Waals surface area contributed by atoms with Crippen LogP contribution in [0.4, 0.5) is 5.69 Å². The van der Waals surface area contributed by atoms with E-state index in [1.54, 1.807) is 37.3 Å². The number of hydrogen-bond donors (Lipinski definition) is 1. The van der Waals surface area contributed by atoms with Gasteiger partial charge in [0.2, 0.25) is 11.8 Å². The molecule has 0 radical (unpaired) electrons. The normalized spacial score (nSPS) is 12.8. The zero-order valence-electron chi connectivity index (χ0n) is 23.4. The van der Waals surface area contributed by atoms with Crippen molar-refractivity contribution >= 4 is 27.5 Å². The highest BCUT2D eigenvalue weighted by atomic mass is 32.2. The van der Waals surface area contributed by atoms with Gasteiger partial charge >= 0.3 is 0 Å². The van der Waals surface area contributed by atoms with Gasteiger partial charge in [-0.1, -0.05) is 74.0 Å². The number of anilines is 1. The summed E-state index contributed by atoms with van der Waals surface area (Å²) in [7, 11) is -4.07. The number of hydrogen-bond acceptors (Lipinski definition) is 4. The van der Waals surface area contributed by atoms with E-state index in [0.717, 1.165) is 33.8 Å². The number of rotatable bonds is 12. The van der Waals surface area contributed by atoms with Crippen LogP contribution in [0.3, 0.4) is 0 Å². The Hall–Kier alpha value is -3.65. The summed E-state index contributed by atoms with van der Waals surface area (Å²) in [6.45, 7) is 9.26. The number of sulfonamides is 1. The molecule has 0 saturated heterocycles. The van der Waals surface area contributed by atoms with Crippen molar-refractivity contribution in [3.8, 4) is 0 Å². The molecular weight excluding hydrogens is 510 g/mol. The molecule has 0 aliphatic heterocycles. The Bertz CT molecular complexity index is 1360. The van der Waals surface area contributed by atoms with Gasteiger partial charge in [-0.05, 0) is 69.0 Å². The minimum absolute atomic E-state index is 0.0529. The lowest BCUT2D eigenvalue weighted by atomic mass is 10.1. The van der Waals surface area contributed by atoms with Crippen LogP contribution in [-0.4, -0.2) is 43.8 Å². The molecule has 0 bridgehead atoms. The van der Waals surface area contributed by atoms with Gasteiger partial charge in [0, 0.05) is 12.6 Å². The van der Waals surface area contributed by atoms with E-state index >= 15 is 0 Å². The third kappa shape index (κ3) is 7.69. The van der Waals surface area contributed by atoms with E-state index in [2.05, 4.69) is 5.32 Å². The molecule has 0 spiro atoms. The van der Waals surface area contributed by atoms with E-state index in [1.165, 1.54) is 17.0 Å². The van der Waals surface area contributed by atoms with Gasteiger partial charge in [0.25, 0.3) is 10.0 Å². The van der Waals surface area contributed by atoms with Crippen molar-refractivity contribution in [2.45, 2.75) is 71.0 Å². The average molecular weight is 550 g/mol. The lowest BCUT2D eigenvalue weighted by Gasteiger charge is -2.32. The van der Waals surface area contributed by atoms with E-state index < -0.39 is 28.5 Å². The molecule has 3 aromatic carbocycles. The third-order valence-electron chi connectivity index (χ3n) is 6.85. The van der Waals surface area contributed by atoms with Gasteiger partial charge in [-0.2, -0.15) is 0 Å². The SMILES string of the molecule is CCc1ccc(N(CC(=O)N(Cc2cccc(C)c2)[C@@H](C)C(=O)N[C@@H](C)CC)S(=O)(=O)c2ccccc2)cc1. The van der Waals surface area contributed by atoms with Crippen molar-refractivity contribution in [1.29, 1.82) is 0 Å². The lowest BCUT2D eigenvalue weighted by molar-refractivity contribution is -0.139. The van der Waals surface area contributed by atoms with Gasteiger partial charge in [0.1, 0.15) is 12.6 Å². The van der Waals surface area contributed by atoms with Crippen molar-refractivity contribution in [1.82, 2.24) is 10.2 Å². The second kappa shape index (κ2) is 13.4. The van der Waals surface area contributed by atoms with Gasteiger partial charge in [-0.15, -0.1) is 0 Å². The molecule has 0 saturated carbocycles. The monoisotopic (exact) mass is 549 g/mol. The van der Waals surface area contributed by atoms with E-state index in [1.807, 2.05) is 64.1 Å². The molecule has 0 heterocycles. The number of benzene rings is 3. The fraction of sp³-hybridized carbons (Fsp3) is 0.355. The van der Waals surface area contributed by atoms with Crippen LogP contribution in [0, 0.1) is 6.92 Å². The first-order valence-electron chi connectivity index (χ1n) is 13.4. The Balaban J connectivity index is 2.02. The standard InChI is InChI=1S/C31H39N3O4S/c1-6-24(4)32-31(36)25(5)33(21-27-13-11-12-23(3)20-27)30(35)22-34(28-18-16-26(7-2)17-19-28)39(37,38)29-14-9-8-10-15-29/h8-20,24-25H,6-7,21-22H2,1-5H3,(H,32,36)/t24-,25-/m0/s1. The minimum Gasteiger partial charge on any atom is -0.352 e. The van der Waals surface area contributed by atoms with Gasteiger partial charge in [0.15, 0.2) is 0 Å². The Morgan fingerprint density at radius 1 is 0.872 bits per heavy atom. The number of aryl methyl sites for hydroxylation is 2. The van der Waals surface area contributed by atoms with Crippen molar-refractivity contribution in [2.24, 2.45) is 0 Å². The maximum absolute atomic E-state index is 14.0. The van der Waals surface area contributed by atoms with Crippen LogP contribution in [0.15, 0.2) is 83.8 Å². The van der Waals surface area contributed by atoms with Crippen LogP contribution < -0.4 is 9.62 Å². The highest BCUT2D eigenvalue weighted by Crippen LogP contribution is 2.25. The molecule has 208 valence electrons. The Morgan fingerprint density at radius 3 is 2.13 bits per heavy atom. The predicted molar refractivity (Wildman–Crippen MR) is 156 cm³/mol. The molecule has 7 nitrogen and oxygen atoms in total. The summed E-state index contributed by atoms with van der Waals surface area (Å²) in [5.41, 5.74) is 3.33. The fourth-order valence-electron chi connectivity index (χ4n) is 4.20. The number of carbonyl (C=O) groups excluding carboxylic acids is 2. The molecule has 0 aromatic heterocycles. The maximum atomic E-state index is 14.0. The summed E-state index contributed by atoms with van der Waals surface area (Å²) >= 11 is 0. The van der Waals surface area contributed by atoms with Gasteiger partial charge in [0.05, 0.1) is 10.6 Å². The highest BCUT2D eigenvalue weighted by Gasteiger charge is 2.32. The Labute approximate surface area is 232 Å². The number of amides is 2. The van der Waals surface area contributed by atoms with Crippen LogP contribution in [0.2, 0.25) is 0 Å². The van der Waals surface area contributed by atoms with Crippen molar-refractivity contribution in [3.63, 3.8) is 0 Å². The fourth-order valence-corrected chi connectivity index (χ4v) is 5.64. The first-order valence-corrected chi connectivity index (χ1v) is 14.8. The number of carbonyl (C=O) groups is 2. The lowest BCUT2D eigenvalue weighted by Crippen LogP contribution is -2.52. The van der Waals surface area contributed by atoms with E-state index in [0.29, 0.717) is 5.69 Å². The van der Waals surface area contributed by atoms with Gasteiger partial charge in [-0.3, -0.25) is 13.9 Å². The summed E-state index contributed by atoms with van der Waals surface area (Å²) in [4.78, 5) is 28.6. The number of nitrogens with one attached hydrogen (secondary N) is 1. The summed E-state index contributed by atoms with van der Waals surface area (Å²) in [5, 5.41) is 2.95. The Kier molecular flexibility index (Phi) is 10.3. The predicted octanol–water partition coefficient (Wildman–Crippen LogP) is 5.08. The molecule has 3 rings (SSSR count). The molecule has 0 aliphatic rings. The van der Waals surface area contributed by atoms with Crippen LogP contribution in [0.5, 0.6) is 0 Å². The zero-order valence-corrected chi connectivity index (χ0v) is 24.2. The van der Waals surface area contributed by atoms with E-state index in [9.17, 15) is 18.0 Å². The van der Waals surface area contributed by atoms with E-state index in [-0.39, 0.29) is 23.4 Å². The summed E-state index contributed by atoms with van der Waals surface area (Å²) in [6.07, 6.45) is 1.55. The molecule has 0 aliphatic carbocycles. The van der Waals surface area contributed by atoms with Crippen molar-refractivity contribution in [2.75, 3.05) is 10.8 Å². The first-order chi connectivity index (χ1) is 18.6. The quantitative estimate of drug-likeness (QED) is 0.341. The van der Waals surface area contributed by atoms with Crippen molar-refractivity contribution in [3.05, 3.63) is 95.6 Å². The second-order valence-electron chi connectivity index (χ2n) is 9.85. The van der Waals surface area contributed by atoms with Gasteiger partial charge in [-0.25, -0.2) is 8.42 Å². The smallest absolute Gasteiger partial charge is 0.264 e.